The number of nitrogens with zero attached hydrogens (tertiary/aromatic N) is 2. The van der Waals surface area contributed by atoms with Crippen molar-refractivity contribution in [3.63, 3.8) is 0 Å². The first-order valence-corrected chi connectivity index (χ1v) is 5.32. The molecule has 2 heterocycles. The van der Waals surface area contributed by atoms with Gasteiger partial charge in [0.2, 0.25) is 0 Å². The third kappa shape index (κ3) is 1.92. The molecular formula is C12H16N2O. The Morgan fingerprint density at radius 1 is 1.33 bits per heavy atom. The molecule has 2 rings (SSSR count). The van der Waals surface area contributed by atoms with Gasteiger partial charge in [0.25, 0.3) is 0 Å². The highest BCUT2D eigenvalue weighted by molar-refractivity contribution is 5.68. The molecule has 3 nitrogen and oxygen atoms in total. The summed E-state index contributed by atoms with van der Waals surface area (Å²) in [6.07, 6.45) is 6.47. The molecule has 1 aliphatic heterocycles. The second-order valence-corrected chi connectivity index (χ2v) is 4.31. The van der Waals surface area contributed by atoms with Crippen molar-refractivity contribution < 1.29 is 4.79 Å². The smallest absolute Gasteiger partial charge is 0.130 e. The van der Waals surface area contributed by atoms with E-state index < -0.39 is 0 Å². The number of aldehydes is 1. The van der Waals surface area contributed by atoms with Gasteiger partial charge < -0.3 is 9.69 Å². The molecule has 0 unspecified atom stereocenters. The van der Waals surface area contributed by atoms with Crippen LogP contribution in [0.15, 0.2) is 24.5 Å². The van der Waals surface area contributed by atoms with Crippen molar-refractivity contribution in [3.8, 4) is 0 Å². The molecule has 80 valence electrons. The molecule has 0 bridgehead atoms. The lowest BCUT2D eigenvalue weighted by molar-refractivity contribution is -0.114. The van der Waals surface area contributed by atoms with Gasteiger partial charge in [-0.3, -0.25) is 4.98 Å². The molecule has 3 heteroatoms. The predicted molar refractivity (Wildman–Crippen MR) is 58.7 cm³/mol. The summed E-state index contributed by atoms with van der Waals surface area (Å²) in [5.74, 6) is 0. The second kappa shape index (κ2) is 4.11. The molecule has 0 N–H and O–H groups in total. The predicted octanol–water partition coefficient (Wildman–Crippen LogP) is 1.24. The highest BCUT2D eigenvalue weighted by atomic mass is 16.1. The van der Waals surface area contributed by atoms with Gasteiger partial charge >= 0.3 is 0 Å². The van der Waals surface area contributed by atoms with Crippen LogP contribution in [-0.4, -0.2) is 36.3 Å². The Morgan fingerprint density at radius 3 is 2.47 bits per heavy atom. The van der Waals surface area contributed by atoms with Crippen LogP contribution >= 0.6 is 0 Å². The largest absolute Gasteiger partial charge is 0.306 e. The molecule has 0 spiro atoms. The lowest BCUT2D eigenvalue weighted by Crippen LogP contribution is -2.41. The van der Waals surface area contributed by atoms with E-state index in [2.05, 4.69) is 16.9 Å². The van der Waals surface area contributed by atoms with Gasteiger partial charge in [-0.1, -0.05) is 0 Å². The van der Waals surface area contributed by atoms with Crippen LogP contribution in [-0.2, 0) is 10.2 Å². The summed E-state index contributed by atoms with van der Waals surface area (Å²) in [7, 11) is 2.10. The minimum Gasteiger partial charge on any atom is -0.306 e. The van der Waals surface area contributed by atoms with Gasteiger partial charge in [0.1, 0.15) is 6.29 Å². The molecule has 1 fully saturated rings. The van der Waals surface area contributed by atoms with Gasteiger partial charge in [-0.05, 0) is 50.7 Å². The summed E-state index contributed by atoms with van der Waals surface area (Å²) in [6.45, 7) is 1.97. The minimum absolute atomic E-state index is 0.268. The number of carbonyl (C=O) groups is 1. The summed E-state index contributed by atoms with van der Waals surface area (Å²) < 4.78 is 0. The number of pyridine rings is 1. The summed E-state index contributed by atoms with van der Waals surface area (Å²) >= 11 is 0. The van der Waals surface area contributed by atoms with Gasteiger partial charge in [0.15, 0.2) is 0 Å². The van der Waals surface area contributed by atoms with Crippen LogP contribution in [0.1, 0.15) is 18.4 Å². The van der Waals surface area contributed by atoms with Gasteiger partial charge in [-0.2, -0.15) is 0 Å². The maximum Gasteiger partial charge on any atom is 0.130 e. The Hall–Kier alpha value is -1.22. The van der Waals surface area contributed by atoms with Gasteiger partial charge in [-0.15, -0.1) is 0 Å². The lowest BCUT2D eigenvalue weighted by Gasteiger charge is -2.36. The van der Waals surface area contributed by atoms with Crippen LogP contribution < -0.4 is 0 Å². The Labute approximate surface area is 90.1 Å². The molecular weight excluding hydrogens is 188 g/mol. The number of likely N-dealkylation sites (tertiary alicyclic amines) is 1. The minimum atomic E-state index is -0.268. The number of hydrogen-bond donors (Lipinski definition) is 0. The highest BCUT2D eigenvalue weighted by Gasteiger charge is 2.34. The number of hydrogen-bond acceptors (Lipinski definition) is 3. The van der Waals surface area contributed by atoms with E-state index in [4.69, 9.17) is 0 Å². The topological polar surface area (TPSA) is 33.2 Å². The molecule has 1 saturated heterocycles. The average Bonchev–Trinajstić information content (AvgIpc) is 2.32. The van der Waals surface area contributed by atoms with Crippen molar-refractivity contribution in [2.45, 2.75) is 18.3 Å². The van der Waals surface area contributed by atoms with Crippen LogP contribution in [0.25, 0.3) is 0 Å². The standard InChI is InChI=1S/C12H16N2O/c1-14-8-4-12(10-15,5-9-14)11-2-6-13-7-3-11/h2-3,6-7,10H,4-5,8-9H2,1H3. The van der Waals surface area contributed by atoms with E-state index in [1.807, 2.05) is 12.1 Å². The Bertz CT molecular complexity index is 329. The molecule has 1 aromatic rings. The summed E-state index contributed by atoms with van der Waals surface area (Å²) in [6, 6.07) is 3.92. The molecule has 0 amide bonds. The van der Waals surface area contributed by atoms with Crippen molar-refractivity contribution in [2.75, 3.05) is 20.1 Å². The first-order chi connectivity index (χ1) is 7.27. The van der Waals surface area contributed by atoms with Crippen LogP contribution in [0.2, 0.25) is 0 Å². The fourth-order valence-electron chi connectivity index (χ4n) is 2.18. The Balaban J connectivity index is 2.27. The fraction of sp³-hybridized carbons (Fsp3) is 0.500. The number of carbonyl (C=O) groups excluding carboxylic acids is 1. The van der Waals surface area contributed by atoms with Crippen molar-refractivity contribution >= 4 is 6.29 Å². The SMILES string of the molecule is CN1CCC(C=O)(c2ccncc2)CC1. The molecule has 1 aromatic heterocycles. The van der Waals surface area contributed by atoms with Gasteiger partial charge in [0.05, 0.1) is 5.41 Å². The van der Waals surface area contributed by atoms with Crippen LogP contribution in [0.5, 0.6) is 0 Å². The van der Waals surface area contributed by atoms with Crippen molar-refractivity contribution in [2.24, 2.45) is 0 Å². The van der Waals surface area contributed by atoms with Crippen molar-refractivity contribution in [3.05, 3.63) is 30.1 Å². The Morgan fingerprint density at radius 2 is 1.93 bits per heavy atom. The molecule has 15 heavy (non-hydrogen) atoms. The average molecular weight is 204 g/mol. The number of aromatic nitrogens is 1. The Kier molecular flexibility index (Phi) is 2.82. The zero-order valence-corrected chi connectivity index (χ0v) is 9.02. The summed E-state index contributed by atoms with van der Waals surface area (Å²) in [5, 5.41) is 0. The van der Waals surface area contributed by atoms with Crippen LogP contribution in [0.3, 0.4) is 0 Å². The zero-order valence-electron chi connectivity index (χ0n) is 9.02. The van der Waals surface area contributed by atoms with Crippen molar-refractivity contribution in [1.29, 1.82) is 0 Å². The molecule has 0 aliphatic carbocycles. The third-order valence-electron chi connectivity index (χ3n) is 3.36. The van der Waals surface area contributed by atoms with Crippen LogP contribution in [0.4, 0.5) is 0 Å². The molecule has 1 aliphatic rings. The second-order valence-electron chi connectivity index (χ2n) is 4.31. The van der Waals surface area contributed by atoms with E-state index in [0.717, 1.165) is 37.8 Å². The fourth-order valence-corrected chi connectivity index (χ4v) is 2.18. The summed E-state index contributed by atoms with van der Waals surface area (Å²) in [5.41, 5.74) is 0.843. The summed E-state index contributed by atoms with van der Waals surface area (Å²) in [4.78, 5) is 17.6. The quantitative estimate of drug-likeness (QED) is 0.680. The third-order valence-corrected chi connectivity index (χ3v) is 3.36. The van der Waals surface area contributed by atoms with E-state index >= 15 is 0 Å². The monoisotopic (exact) mass is 204 g/mol. The maximum atomic E-state index is 11.4. The molecule has 0 aromatic carbocycles. The van der Waals surface area contributed by atoms with E-state index in [-0.39, 0.29) is 5.41 Å². The van der Waals surface area contributed by atoms with Gasteiger partial charge in [0, 0.05) is 12.4 Å². The van der Waals surface area contributed by atoms with E-state index in [0.29, 0.717) is 0 Å². The van der Waals surface area contributed by atoms with E-state index in [1.165, 1.54) is 0 Å². The molecule has 0 saturated carbocycles. The molecule has 0 radical (unpaired) electrons. The van der Waals surface area contributed by atoms with Crippen molar-refractivity contribution in [1.82, 2.24) is 9.88 Å². The molecule has 0 atom stereocenters. The normalized spacial score (nSPS) is 21.1. The number of piperidine rings is 1. The maximum absolute atomic E-state index is 11.4. The van der Waals surface area contributed by atoms with Crippen LogP contribution in [0, 0.1) is 0 Å². The zero-order chi connectivity index (χ0) is 10.7. The number of rotatable bonds is 2. The first kappa shape index (κ1) is 10.3. The van der Waals surface area contributed by atoms with E-state index in [1.54, 1.807) is 12.4 Å². The highest BCUT2D eigenvalue weighted by Crippen LogP contribution is 2.32. The lowest BCUT2D eigenvalue weighted by atomic mass is 9.74. The van der Waals surface area contributed by atoms with E-state index in [9.17, 15) is 4.79 Å². The first-order valence-electron chi connectivity index (χ1n) is 5.32. The van der Waals surface area contributed by atoms with Gasteiger partial charge in [-0.25, -0.2) is 0 Å².